The Morgan fingerprint density at radius 1 is 1.22 bits per heavy atom. The Bertz CT molecular complexity index is 976. The van der Waals surface area contributed by atoms with Gasteiger partial charge in [-0.05, 0) is 79.5 Å². The first kappa shape index (κ1) is 19.7. The molecule has 3 rings (SSSR count). The zero-order valence-corrected chi connectivity index (χ0v) is 17.6. The van der Waals surface area contributed by atoms with E-state index in [0.29, 0.717) is 20.3 Å². The molecule has 0 spiro atoms. The third-order valence-electron chi connectivity index (χ3n) is 3.33. The lowest BCUT2D eigenvalue weighted by Gasteiger charge is -2.06. The molecule has 0 radical (unpaired) electrons. The number of aliphatic carboxylic acids is 1. The van der Waals surface area contributed by atoms with Crippen LogP contribution in [0, 0.1) is 0 Å². The Balaban J connectivity index is 1.77. The van der Waals surface area contributed by atoms with Gasteiger partial charge in [0.1, 0.15) is 5.75 Å². The number of carboxylic acid groups (broad SMARTS) is 1. The van der Waals surface area contributed by atoms with Gasteiger partial charge in [-0.3, -0.25) is 4.79 Å². The van der Waals surface area contributed by atoms with Crippen molar-refractivity contribution in [3.05, 3.63) is 61.9 Å². The maximum Gasteiger partial charge on any atom is 0.341 e. The summed E-state index contributed by atoms with van der Waals surface area (Å²) in [6.07, 6.45) is 1.73. The van der Waals surface area contributed by atoms with Gasteiger partial charge in [0.25, 0.3) is 5.91 Å². The van der Waals surface area contributed by atoms with Crippen LogP contribution in [-0.4, -0.2) is 28.8 Å². The van der Waals surface area contributed by atoms with E-state index in [1.165, 1.54) is 11.8 Å². The fraction of sp³-hybridized carbons (Fsp3) is 0.0556. The molecule has 2 aromatic carbocycles. The van der Waals surface area contributed by atoms with Crippen LogP contribution in [-0.2, 0) is 9.59 Å². The van der Waals surface area contributed by atoms with E-state index in [1.54, 1.807) is 24.3 Å². The number of carbonyl (C=O) groups excluding carboxylic acids is 1. The van der Waals surface area contributed by atoms with Crippen molar-refractivity contribution in [1.29, 1.82) is 0 Å². The minimum absolute atomic E-state index is 0.229. The quantitative estimate of drug-likeness (QED) is 0.574. The third-order valence-corrected chi connectivity index (χ3v) is 5.53. The molecule has 1 amide bonds. The average Bonchev–Trinajstić information content (AvgIpc) is 2.95. The van der Waals surface area contributed by atoms with E-state index in [0.717, 1.165) is 15.7 Å². The Hall–Kier alpha value is -2.10. The summed E-state index contributed by atoms with van der Waals surface area (Å²) in [6, 6.07) is 12.6. The van der Waals surface area contributed by atoms with Gasteiger partial charge in [-0.1, -0.05) is 18.2 Å². The fourth-order valence-electron chi connectivity index (χ4n) is 2.15. The molecule has 1 saturated heterocycles. The minimum Gasteiger partial charge on any atom is -0.481 e. The second kappa shape index (κ2) is 8.73. The number of carbonyl (C=O) groups is 2. The topological polar surface area (TPSA) is 88.0 Å². The number of aliphatic imine (C=N–C) groups is 1. The smallest absolute Gasteiger partial charge is 0.341 e. The Kier molecular flexibility index (Phi) is 6.35. The molecule has 0 atom stereocenters. The van der Waals surface area contributed by atoms with Crippen LogP contribution < -0.4 is 10.1 Å². The monoisotopic (exact) mass is 510 g/mol. The van der Waals surface area contributed by atoms with Gasteiger partial charge in [-0.25, -0.2) is 9.79 Å². The van der Waals surface area contributed by atoms with Crippen LogP contribution in [0.1, 0.15) is 5.56 Å². The number of carboxylic acids is 1. The standard InChI is InChI=1S/C18H12Br2N2O4S/c19-11-3-1-2-4-13(11)21-18-22-17(25)15(27-18)8-10-5-6-14(12(20)7-10)26-9-16(23)24/h1-8H,9H2,(H,23,24)(H,21,22,25)/b15-8+. The SMILES string of the molecule is O=C(O)COc1ccc(/C=C2/SC(=Nc3ccccc3Br)NC2=O)cc1Br. The Morgan fingerprint density at radius 2 is 2.00 bits per heavy atom. The molecule has 0 aromatic heterocycles. The zero-order valence-electron chi connectivity index (χ0n) is 13.6. The highest BCUT2D eigenvalue weighted by Crippen LogP contribution is 2.32. The summed E-state index contributed by atoms with van der Waals surface area (Å²) < 4.78 is 6.60. The van der Waals surface area contributed by atoms with Crippen LogP contribution in [0.15, 0.2) is 61.3 Å². The first-order chi connectivity index (χ1) is 12.9. The maximum absolute atomic E-state index is 12.2. The van der Waals surface area contributed by atoms with Gasteiger partial charge in [-0.2, -0.15) is 0 Å². The average molecular weight is 512 g/mol. The summed E-state index contributed by atoms with van der Waals surface area (Å²) in [5.74, 6) is -0.864. The lowest BCUT2D eigenvalue weighted by atomic mass is 10.2. The maximum atomic E-state index is 12.2. The van der Waals surface area contributed by atoms with E-state index in [1.807, 2.05) is 24.3 Å². The molecule has 138 valence electrons. The van der Waals surface area contributed by atoms with Crippen molar-refractivity contribution in [2.75, 3.05) is 6.61 Å². The molecule has 2 aromatic rings. The molecular weight excluding hydrogens is 500 g/mol. The number of nitrogens with zero attached hydrogens (tertiary/aromatic N) is 1. The van der Waals surface area contributed by atoms with E-state index >= 15 is 0 Å². The first-order valence-corrected chi connectivity index (χ1v) is 10.0. The van der Waals surface area contributed by atoms with Crippen LogP contribution >= 0.6 is 43.6 Å². The molecule has 0 unspecified atom stereocenters. The van der Waals surface area contributed by atoms with Gasteiger partial charge in [0.05, 0.1) is 15.1 Å². The molecule has 1 heterocycles. The van der Waals surface area contributed by atoms with Crippen LogP contribution in [0.3, 0.4) is 0 Å². The van der Waals surface area contributed by atoms with E-state index in [4.69, 9.17) is 9.84 Å². The van der Waals surface area contributed by atoms with Crippen molar-refractivity contribution in [2.24, 2.45) is 4.99 Å². The molecule has 27 heavy (non-hydrogen) atoms. The van der Waals surface area contributed by atoms with Crippen LogP contribution in [0.2, 0.25) is 0 Å². The van der Waals surface area contributed by atoms with Crippen molar-refractivity contribution in [3.63, 3.8) is 0 Å². The van der Waals surface area contributed by atoms with Crippen molar-refractivity contribution in [1.82, 2.24) is 5.32 Å². The van der Waals surface area contributed by atoms with Crippen LogP contribution in [0.5, 0.6) is 5.75 Å². The Morgan fingerprint density at radius 3 is 2.70 bits per heavy atom. The molecule has 0 saturated carbocycles. The number of hydrogen-bond acceptors (Lipinski definition) is 5. The highest BCUT2D eigenvalue weighted by atomic mass is 79.9. The number of amides is 1. The molecule has 9 heteroatoms. The number of ether oxygens (including phenoxy) is 1. The molecule has 0 aliphatic carbocycles. The Labute approximate surface area is 176 Å². The van der Waals surface area contributed by atoms with Crippen molar-refractivity contribution < 1.29 is 19.4 Å². The normalized spacial score (nSPS) is 16.6. The number of amidine groups is 1. The summed E-state index contributed by atoms with van der Waals surface area (Å²) in [4.78, 5) is 27.7. The van der Waals surface area contributed by atoms with Crippen molar-refractivity contribution >= 4 is 72.4 Å². The predicted molar refractivity (Wildman–Crippen MR) is 112 cm³/mol. The molecule has 2 N–H and O–H groups in total. The second-order valence-electron chi connectivity index (χ2n) is 5.31. The van der Waals surface area contributed by atoms with E-state index in [-0.39, 0.29) is 5.91 Å². The van der Waals surface area contributed by atoms with Gasteiger partial charge in [0.15, 0.2) is 11.8 Å². The van der Waals surface area contributed by atoms with E-state index < -0.39 is 12.6 Å². The number of benzene rings is 2. The van der Waals surface area contributed by atoms with Crippen LogP contribution in [0.4, 0.5) is 5.69 Å². The molecule has 0 bridgehead atoms. The molecule has 6 nitrogen and oxygen atoms in total. The highest BCUT2D eigenvalue weighted by molar-refractivity contribution is 9.11. The summed E-state index contributed by atoms with van der Waals surface area (Å²) in [6.45, 7) is -0.424. The number of nitrogens with one attached hydrogen (secondary N) is 1. The largest absolute Gasteiger partial charge is 0.481 e. The number of rotatable bonds is 5. The molecule has 1 aliphatic rings. The van der Waals surface area contributed by atoms with Crippen molar-refractivity contribution in [3.8, 4) is 5.75 Å². The predicted octanol–water partition coefficient (Wildman–Crippen LogP) is 4.57. The van der Waals surface area contributed by atoms with Crippen LogP contribution in [0.25, 0.3) is 6.08 Å². The van der Waals surface area contributed by atoms with Crippen molar-refractivity contribution in [2.45, 2.75) is 0 Å². The summed E-state index contributed by atoms with van der Waals surface area (Å²) in [5, 5.41) is 11.9. The first-order valence-electron chi connectivity index (χ1n) is 7.60. The number of thioether (sulfide) groups is 1. The van der Waals surface area contributed by atoms with Gasteiger partial charge in [-0.15, -0.1) is 0 Å². The lowest BCUT2D eigenvalue weighted by Crippen LogP contribution is -2.19. The zero-order chi connectivity index (χ0) is 19.4. The molecule has 1 aliphatic heterocycles. The number of para-hydroxylation sites is 1. The second-order valence-corrected chi connectivity index (χ2v) is 8.04. The third kappa shape index (κ3) is 5.21. The van der Waals surface area contributed by atoms with Gasteiger partial charge < -0.3 is 15.2 Å². The number of halogens is 2. The summed E-state index contributed by atoms with van der Waals surface area (Å²) >= 11 is 8.02. The minimum atomic E-state index is -1.05. The summed E-state index contributed by atoms with van der Waals surface area (Å²) in [7, 11) is 0. The lowest BCUT2D eigenvalue weighted by molar-refractivity contribution is -0.139. The van der Waals surface area contributed by atoms with E-state index in [2.05, 4.69) is 42.2 Å². The molecular formula is C18H12Br2N2O4S. The van der Waals surface area contributed by atoms with Gasteiger partial charge >= 0.3 is 5.97 Å². The van der Waals surface area contributed by atoms with Gasteiger partial charge in [0.2, 0.25) is 0 Å². The highest BCUT2D eigenvalue weighted by Gasteiger charge is 2.24. The fourth-order valence-corrected chi connectivity index (χ4v) is 3.87. The van der Waals surface area contributed by atoms with Gasteiger partial charge in [0, 0.05) is 4.47 Å². The number of hydrogen-bond donors (Lipinski definition) is 2. The molecule has 1 fully saturated rings. The van der Waals surface area contributed by atoms with E-state index in [9.17, 15) is 9.59 Å². The summed E-state index contributed by atoms with van der Waals surface area (Å²) in [5.41, 5.74) is 1.49.